The van der Waals surface area contributed by atoms with Crippen LogP contribution >= 0.6 is 0 Å². The van der Waals surface area contributed by atoms with Crippen molar-refractivity contribution >= 4 is 5.84 Å². The molecule has 2 atom stereocenters. The molecule has 0 radical (unpaired) electrons. The van der Waals surface area contributed by atoms with Crippen molar-refractivity contribution < 1.29 is 13.3 Å². The summed E-state index contributed by atoms with van der Waals surface area (Å²) in [6.45, 7) is 0. The first kappa shape index (κ1) is 11.2. The second-order valence-corrected chi connectivity index (χ2v) is 4.55. The van der Waals surface area contributed by atoms with E-state index in [1.165, 1.54) is 0 Å². The van der Waals surface area contributed by atoms with Crippen LogP contribution in [0.5, 0.6) is 0 Å². The first-order chi connectivity index (χ1) is 9.92. The molecule has 5 nitrogen and oxygen atoms in total. The molecule has 0 fully saturated rings. The quantitative estimate of drug-likeness (QED) is 0.791. The lowest BCUT2D eigenvalue weighted by Crippen LogP contribution is -2.24. The monoisotopic (exact) mass is 268 g/mol. The van der Waals surface area contributed by atoms with Gasteiger partial charge in [-0.1, -0.05) is 0 Å². The Bertz CT molecular complexity index is 696. The van der Waals surface area contributed by atoms with Crippen molar-refractivity contribution in [1.29, 1.82) is 0 Å². The molecule has 0 saturated carbocycles. The van der Waals surface area contributed by atoms with E-state index in [0.717, 1.165) is 11.5 Å². The molecule has 0 amide bonds. The van der Waals surface area contributed by atoms with Gasteiger partial charge < -0.3 is 18.6 Å². The summed E-state index contributed by atoms with van der Waals surface area (Å²) < 4.78 is 16.4. The topological polar surface area (TPSA) is 63.8 Å². The van der Waals surface area contributed by atoms with Gasteiger partial charge >= 0.3 is 0 Å². The highest BCUT2D eigenvalue weighted by Crippen LogP contribution is 2.37. The van der Waals surface area contributed by atoms with Gasteiger partial charge in [0, 0.05) is 0 Å². The third kappa shape index (κ3) is 1.75. The summed E-state index contributed by atoms with van der Waals surface area (Å²) in [5, 5.41) is 3.34. The van der Waals surface area contributed by atoms with E-state index in [-0.39, 0.29) is 12.1 Å². The standard InChI is InChI=1S/C15H12N2O3/c1-4-10(18-7-1)13-14(11-5-2-8-19-11)17-15(16-13)12-6-3-9-20-12/h1-9,13-14H,(H,16,17)/t13-,14-/m0/s1. The van der Waals surface area contributed by atoms with E-state index >= 15 is 0 Å². The van der Waals surface area contributed by atoms with Crippen molar-refractivity contribution in [2.24, 2.45) is 4.99 Å². The average Bonchev–Trinajstić information content (AvgIpc) is 3.22. The number of furan rings is 3. The maximum Gasteiger partial charge on any atom is 0.168 e. The lowest BCUT2D eigenvalue weighted by Gasteiger charge is -2.14. The van der Waals surface area contributed by atoms with Crippen molar-refractivity contribution in [2.45, 2.75) is 12.1 Å². The normalized spacial score (nSPS) is 21.7. The number of aliphatic imine (C=N–C) groups is 1. The number of amidine groups is 1. The first-order valence-electron chi connectivity index (χ1n) is 6.37. The Morgan fingerprint density at radius 2 is 1.55 bits per heavy atom. The van der Waals surface area contributed by atoms with Crippen LogP contribution in [-0.2, 0) is 0 Å². The molecule has 4 rings (SSSR count). The Kier molecular flexibility index (Phi) is 2.48. The molecule has 3 aromatic rings. The van der Waals surface area contributed by atoms with E-state index in [1.807, 2.05) is 36.4 Å². The Labute approximate surface area is 114 Å². The second-order valence-electron chi connectivity index (χ2n) is 4.55. The number of hydrogen-bond donors (Lipinski definition) is 1. The fourth-order valence-electron chi connectivity index (χ4n) is 2.41. The highest BCUT2D eigenvalue weighted by molar-refractivity contribution is 5.98. The number of hydrogen-bond acceptors (Lipinski definition) is 5. The van der Waals surface area contributed by atoms with Gasteiger partial charge in [0.05, 0.1) is 18.8 Å². The van der Waals surface area contributed by atoms with Crippen molar-refractivity contribution in [3.8, 4) is 0 Å². The van der Waals surface area contributed by atoms with Crippen molar-refractivity contribution in [3.05, 3.63) is 72.5 Å². The molecule has 0 saturated heterocycles. The molecule has 5 heteroatoms. The summed E-state index contributed by atoms with van der Waals surface area (Å²) >= 11 is 0. The SMILES string of the molecule is c1coc(C2=N[C@@H](c3ccco3)[C@H](c3ccco3)N2)c1. The van der Waals surface area contributed by atoms with E-state index in [1.54, 1.807) is 18.8 Å². The van der Waals surface area contributed by atoms with Crippen molar-refractivity contribution in [1.82, 2.24) is 5.32 Å². The predicted octanol–water partition coefficient (Wildman–Crippen LogP) is 3.30. The van der Waals surface area contributed by atoms with Crippen LogP contribution in [0, 0.1) is 0 Å². The lowest BCUT2D eigenvalue weighted by molar-refractivity contribution is 0.381. The molecule has 1 aliphatic rings. The van der Waals surface area contributed by atoms with E-state index < -0.39 is 0 Å². The largest absolute Gasteiger partial charge is 0.467 e. The molecule has 4 heterocycles. The molecular weight excluding hydrogens is 256 g/mol. The van der Waals surface area contributed by atoms with Gasteiger partial charge in [-0.15, -0.1) is 0 Å². The zero-order valence-electron chi connectivity index (χ0n) is 10.5. The van der Waals surface area contributed by atoms with Crippen LogP contribution in [0.25, 0.3) is 0 Å². The summed E-state index contributed by atoms with van der Waals surface area (Å²) in [7, 11) is 0. The lowest BCUT2D eigenvalue weighted by atomic mass is 10.1. The Hall–Kier alpha value is -2.69. The van der Waals surface area contributed by atoms with Gasteiger partial charge in [0.25, 0.3) is 0 Å². The van der Waals surface area contributed by atoms with Crippen LogP contribution in [0.4, 0.5) is 0 Å². The maximum atomic E-state index is 5.50. The maximum absolute atomic E-state index is 5.50. The summed E-state index contributed by atoms with van der Waals surface area (Å²) in [5.74, 6) is 3.02. The zero-order valence-corrected chi connectivity index (χ0v) is 10.5. The third-order valence-electron chi connectivity index (χ3n) is 3.32. The average molecular weight is 268 g/mol. The molecule has 1 N–H and O–H groups in total. The molecule has 20 heavy (non-hydrogen) atoms. The molecular formula is C15H12N2O3. The minimum atomic E-state index is -0.170. The zero-order chi connectivity index (χ0) is 13.4. The van der Waals surface area contributed by atoms with Crippen LogP contribution in [0.3, 0.4) is 0 Å². The summed E-state index contributed by atoms with van der Waals surface area (Å²) in [6, 6.07) is 11.0. The fourth-order valence-corrected chi connectivity index (χ4v) is 2.41. The second kappa shape index (κ2) is 4.45. The van der Waals surface area contributed by atoms with Crippen LogP contribution in [0.15, 0.2) is 73.4 Å². The van der Waals surface area contributed by atoms with Crippen molar-refractivity contribution in [3.63, 3.8) is 0 Å². The molecule has 1 aliphatic heterocycles. The minimum Gasteiger partial charge on any atom is -0.467 e. The Balaban J connectivity index is 1.74. The van der Waals surface area contributed by atoms with Gasteiger partial charge in [-0.2, -0.15) is 0 Å². The molecule has 100 valence electrons. The highest BCUT2D eigenvalue weighted by atomic mass is 16.3. The van der Waals surface area contributed by atoms with Gasteiger partial charge in [0.2, 0.25) is 0 Å². The molecule has 0 aromatic carbocycles. The van der Waals surface area contributed by atoms with E-state index in [0.29, 0.717) is 11.6 Å². The molecule has 0 spiro atoms. The van der Waals surface area contributed by atoms with E-state index in [2.05, 4.69) is 10.3 Å². The predicted molar refractivity (Wildman–Crippen MR) is 71.3 cm³/mol. The van der Waals surface area contributed by atoms with Crippen LogP contribution in [-0.4, -0.2) is 5.84 Å². The number of nitrogens with zero attached hydrogens (tertiary/aromatic N) is 1. The molecule has 0 aliphatic carbocycles. The van der Waals surface area contributed by atoms with Gasteiger partial charge in [-0.25, -0.2) is 0 Å². The summed E-state index contributed by atoms with van der Waals surface area (Å²) in [5.41, 5.74) is 0. The first-order valence-corrected chi connectivity index (χ1v) is 6.37. The Morgan fingerprint density at radius 1 is 0.850 bits per heavy atom. The van der Waals surface area contributed by atoms with Gasteiger partial charge in [-0.3, -0.25) is 4.99 Å². The third-order valence-corrected chi connectivity index (χ3v) is 3.32. The van der Waals surface area contributed by atoms with Crippen molar-refractivity contribution in [2.75, 3.05) is 0 Å². The van der Waals surface area contributed by atoms with Gasteiger partial charge in [0.15, 0.2) is 11.6 Å². The molecule has 0 bridgehead atoms. The number of nitrogens with one attached hydrogen (secondary N) is 1. The molecule has 0 unspecified atom stereocenters. The van der Waals surface area contributed by atoms with Gasteiger partial charge in [-0.05, 0) is 36.4 Å². The van der Waals surface area contributed by atoms with Crippen LogP contribution in [0.1, 0.15) is 29.4 Å². The van der Waals surface area contributed by atoms with Crippen LogP contribution < -0.4 is 5.32 Å². The van der Waals surface area contributed by atoms with E-state index in [9.17, 15) is 0 Å². The minimum absolute atomic E-state index is 0.101. The van der Waals surface area contributed by atoms with Crippen LogP contribution in [0.2, 0.25) is 0 Å². The highest BCUT2D eigenvalue weighted by Gasteiger charge is 2.36. The Morgan fingerprint density at radius 3 is 2.20 bits per heavy atom. The van der Waals surface area contributed by atoms with E-state index in [4.69, 9.17) is 13.3 Å². The smallest absolute Gasteiger partial charge is 0.168 e. The summed E-state index contributed by atoms with van der Waals surface area (Å²) in [4.78, 5) is 4.67. The fraction of sp³-hybridized carbons (Fsp3) is 0.133. The molecule has 3 aromatic heterocycles. The number of rotatable bonds is 3. The summed E-state index contributed by atoms with van der Waals surface area (Å²) in [6.07, 6.45) is 4.93. The van der Waals surface area contributed by atoms with Gasteiger partial charge in [0.1, 0.15) is 23.6 Å².